The van der Waals surface area contributed by atoms with Crippen molar-refractivity contribution in [2.45, 2.75) is 37.9 Å². The molecule has 0 unspecified atom stereocenters. The number of hydrogen-bond donors (Lipinski definition) is 3. The topological polar surface area (TPSA) is 130 Å². The van der Waals surface area contributed by atoms with Gasteiger partial charge in [0.1, 0.15) is 5.69 Å². The van der Waals surface area contributed by atoms with Gasteiger partial charge in [-0.25, -0.2) is 14.4 Å². The number of esters is 2. The molecule has 3 rings (SSSR count). The van der Waals surface area contributed by atoms with Crippen LogP contribution in [0.2, 0.25) is 0 Å². The first-order valence-corrected chi connectivity index (χ1v) is 7.24. The molecule has 2 fully saturated rings. The van der Waals surface area contributed by atoms with Crippen molar-refractivity contribution in [3.8, 4) is 0 Å². The second-order valence-corrected chi connectivity index (χ2v) is 5.44. The van der Waals surface area contributed by atoms with Gasteiger partial charge in [-0.15, -0.1) is 0 Å². The van der Waals surface area contributed by atoms with Gasteiger partial charge in [0.15, 0.2) is 5.57 Å². The van der Waals surface area contributed by atoms with Crippen LogP contribution >= 0.6 is 0 Å². The minimum atomic E-state index is -1.15. The summed E-state index contributed by atoms with van der Waals surface area (Å²) in [6.07, 6.45) is 5.80. The number of ether oxygens (including phenoxy) is 2. The van der Waals surface area contributed by atoms with Gasteiger partial charge in [0, 0.05) is 25.2 Å². The molecule has 1 aliphatic carbocycles. The Kier molecular flexibility index (Phi) is 3.77. The van der Waals surface area contributed by atoms with Crippen LogP contribution in [0, 0.1) is 0 Å². The van der Waals surface area contributed by atoms with Gasteiger partial charge in [0.2, 0.25) is 0 Å². The van der Waals surface area contributed by atoms with Crippen molar-refractivity contribution < 1.29 is 19.1 Å². The van der Waals surface area contributed by atoms with Crippen molar-refractivity contribution in [1.82, 2.24) is 9.97 Å². The summed E-state index contributed by atoms with van der Waals surface area (Å²) in [5.74, 6) is -2.74. The number of carbonyl (C=O) groups is 2. The Morgan fingerprint density at radius 3 is 2.30 bits per heavy atom. The lowest BCUT2D eigenvalue weighted by Crippen LogP contribution is -2.47. The van der Waals surface area contributed by atoms with E-state index >= 15 is 0 Å². The first kappa shape index (κ1) is 15.1. The molecule has 0 amide bonds. The van der Waals surface area contributed by atoms with Crippen LogP contribution in [0.15, 0.2) is 27.6 Å². The SMILES string of the molecule is O=C1OC2(CCCCC2)OC(=O)C1=CNc1c[nH]c(=O)[nH]c1=O. The van der Waals surface area contributed by atoms with Crippen molar-refractivity contribution in [3.05, 3.63) is 38.8 Å². The van der Waals surface area contributed by atoms with E-state index in [2.05, 4.69) is 10.3 Å². The second-order valence-electron chi connectivity index (χ2n) is 5.44. The van der Waals surface area contributed by atoms with E-state index in [-0.39, 0.29) is 11.3 Å². The predicted molar refractivity (Wildman–Crippen MR) is 77.4 cm³/mol. The molecule has 0 bridgehead atoms. The molecule has 1 spiro atoms. The van der Waals surface area contributed by atoms with Gasteiger partial charge in [-0.3, -0.25) is 9.78 Å². The van der Waals surface area contributed by atoms with Crippen LogP contribution in [0.1, 0.15) is 32.1 Å². The molecule has 1 aromatic heterocycles. The van der Waals surface area contributed by atoms with Crippen LogP contribution in [0.4, 0.5) is 5.69 Å². The second kappa shape index (κ2) is 5.75. The van der Waals surface area contributed by atoms with E-state index in [1.165, 1.54) is 0 Å². The summed E-state index contributed by atoms with van der Waals surface area (Å²) in [5, 5.41) is 2.48. The van der Waals surface area contributed by atoms with E-state index in [1.807, 2.05) is 4.98 Å². The highest BCUT2D eigenvalue weighted by Crippen LogP contribution is 2.36. The van der Waals surface area contributed by atoms with Crippen molar-refractivity contribution in [2.75, 3.05) is 5.32 Å². The Bertz CT molecular complexity index is 762. The fourth-order valence-corrected chi connectivity index (χ4v) is 2.63. The maximum absolute atomic E-state index is 12.1. The number of anilines is 1. The van der Waals surface area contributed by atoms with Crippen LogP contribution in [0.25, 0.3) is 0 Å². The molecule has 122 valence electrons. The molecule has 1 aliphatic heterocycles. The third-order valence-electron chi connectivity index (χ3n) is 3.80. The molecule has 9 nitrogen and oxygen atoms in total. The molecular formula is C14H15N3O6. The minimum absolute atomic E-state index is 0.0318. The molecule has 1 aromatic rings. The predicted octanol–water partition coefficient (Wildman–Crippen LogP) is 0.119. The lowest BCUT2D eigenvalue weighted by Gasteiger charge is -2.38. The lowest BCUT2D eigenvalue weighted by atomic mass is 9.93. The van der Waals surface area contributed by atoms with Crippen LogP contribution in [-0.2, 0) is 19.1 Å². The highest BCUT2D eigenvalue weighted by atomic mass is 16.7. The summed E-state index contributed by atoms with van der Waals surface area (Å²) in [6.45, 7) is 0. The first-order valence-electron chi connectivity index (χ1n) is 7.24. The Hall–Kier alpha value is -2.84. The molecule has 0 radical (unpaired) electrons. The summed E-state index contributed by atoms with van der Waals surface area (Å²) in [7, 11) is 0. The highest BCUT2D eigenvalue weighted by molar-refractivity contribution is 6.15. The Morgan fingerprint density at radius 2 is 1.70 bits per heavy atom. The van der Waals surface area contributed by atoms with Gasteiger partial charge >= 0.3 is 17.6 Å². The number of hydrogen-bond acceptors (Lipinski definition) is 7. The van der Waals surface area contributed by atoms with Gasteiger partial charge < -0.3 is 19.8 Å². The summed E-state index contributed by atoms with van der Waals surface area (Å²) in [4.78, 5) is 50.8. The van der Waals surface area contributed by atoms with Gasteiger partial charge in [-0.1, -0.05) is 6.42 Å². The van der Waals surface area contributed by atoms with E-state index in [9.17, 15) is 19.2 Å². The molecule has 2 heterocycles. The number of aromatic nitrogens is 2. The minimum Gasteiger partial charge on any atom is -0.419 e. The van der Waals surface area contributed by atoms with Crippen LogP contribution in [0.5, 0.6) is 0 Å². The normalized spacial score (nSPS) is 19.9. The van der Waals surface area contributed by atoms with E-state index in [1.54, 1.807) is 0 Å². The Balaban J connectivity index is 1.78. The first-order chi connectivity index (χ1) is 11.0. The zero-order valence-electron chi connectivity index (χ0n) is 12.1. The molecule has 9 heteroatoms. The number of H-pyrrole nitrogens is 2. The van der Waals surface area contributed by atoms with Crippen molar-refractivity contribution in [3.63, 3.8) is 0 Å². The van der Waals surface area contributed by atoms with Gasteiger partial charge in [-0.05, 0) is 12.8 Å². The van der Waals surface area contributed by atoms with Crippen LogP contribution < -0.4 is 16.6 Å². The lowest BCUT2D eigenvalue weighted by molar-refractivity contribution is -0.244. The van der Waals surface area contributed by atoms with E-state index < -0.39 is 29.0 Å². The largest absolute Gasteiger partial charge is 0.419 e. The number of rotatable bonds is 2. The van der Waals surface area contributed by atoms with Gasteiger partial charge in [0.25, 0.3) is 11.3 Å². The molecule has 0 aromatic carbocycles. The fourth-order valence-electron chi connectivity index (χ4n) is 2.63. The van der Waals surface area contributed by atoms with E-state index in [4.69, 9.17) is 9.47 Å². The molecule has 0 atom stereocenters. The monoisotopic (exact) mass is 321 g/mol. The fraction of sp³-hybridized carbons (Fsp3) is 0.429. The molecule has 3 N–H and O–H groups in total. The van der Waals surface area contributed by atoms with Crippen molar-refractivity contribution >= 4 is 17.6 Å². The molecule has 2 aliphatic rings. The maximum atomic E-state index is 12.1. The van der Waals surface area contributed by atoms with Crippen LogP contribution in [0.3, 0.4) is 0 Å². The zero-order valence-corrected chi connectivity index (χ0v) is 12.1. The average Bonchev–Trinajstić information content (AvgIpc) is 2.49. The summed E-state index contributed by atoms with van der Waals surface area (Å²) in [6, 6.07) is 0. The molecular weight excluding hydrogens is 306 g/mol. The Morgan fingerprint density at radius 1 is 1.04 bits per heavy atom. The van der Waals surface area contributed by atoms with Crippen LogP contribution in [-0.4, -0.2) is 27.7 Å². The van der Waals surface area contributed by atoms with Crippen molar-refractivity contribution in [2.24, 2.45) is 0 Å². The standard InChI is InChI=1S/C14H15N3O6/c18-10-9(7-16-13(21)17-10)15-6-8-11(19)22-14(23-12(8)20)4-2-1-3-5-14/h6-7,15H,1-5H2,(H2,16,17,18,21). The summed E-state index contributed by atoms with van der Waals surface area (Å²) >= 11 is 0. The number of aromatic amines is 2. The number of carbonyl (C=O) groups excluding carboxylic acids is 2. The zero-order chi connectivity index (χ0) is 16.4. The summed E-state index contributed by atoms with van der Waals surface area (Å²) < 4.78 is 10.6. The van der Waals surface area contributed by atoms with Gasteiger partial charge in [0.05, 0.1) is 0 Å². The highest BCUT2D eigenvalue weighted by Gasteiger charge is 2.46. The van der Waals surface area contributed by atoms with E-state index in [0.717, 1.165) is 31.7 Å². The third-order valence-corrected chi connectivity index (χ3v) is 3.80. The molecule has 1 saturated carbocycles. The van der Waals surface area contributed by atoms with E-state index in [0.29, 0.717) is 12.8 Å². The third kappa shape index (κ3) is 3.03. The summed E-state index contributed by atoms with van der Waals surface area (Å²) in [5.41, 5.74) is -1.72. The maximum Gasteiger partial charge on any atom is 0.350 e. The Labute approximate surface area is 129 Å². The smallest absolute Gasteiger partial charge is 0.350 e. The quantitative estimate of drug-likeness (QED) is 0.400. The average molecular weight is 321 g/mol. The van der Waals surface area contributed by atoms with Crippen molar-refractivity contribution in [1.29, 1.82) is 0 Å². The number of nitrogens with one attached hydrogen (secondary N) is 3. The molecule has 1 saturated heterocycles. The van der Waals surface area contributed by atoms with Gasteiger partial charge in [-0.2, -0.15) is 0 Å². The molecule has 23 heavy (non-hydrogen) atoms.